The van der Waals surface area contributed by atoms with Crippen LogP contribution in [0.15, 0.2) is 97.2 Å². The van der Waals surface area contributed by atoms with Crippen LogP contribution in [0.4, 0.5) is 0 Å². The number of benzene rings is 4. The smallest absolute Gasteiger partial charge is 0.163 e. The molecule has 0 radical (unpaired) electrons. The highest BCUT2D eigenvalue weighted by molar-refractivity contribution is 6.01. The third-order valence-electron chi connectivity index (χ3n) is 5.98. The molecular weight excluding hydrogens is 382 g/mol. The van der Waals surface area contributed by atoms with Crippen LogP contribution in [0.2, 0.25) is 0 Å². The van der Waals surface area contributed by atoms with Crippen LogP contribution < -0.4 is 4.74 Å². The molecule has 3 nitrogen and oxygen atoms in total. The molecule has 0 aliphatic carbocycles. The van der Waals surface area contributed by atoms with E-state index in [1.807, 2.05) is 66.9 Å². The fourth-order valence-electron chi connectivity index (χ4n) is 4.29. The molecule has 0 aliphatic heterocycles. The van der Waals surface area contributed by atoms with E-state index in [2.05, 4.69) is 35.3 Å². The van der Waals surface area contributed by atoms with E-state index in [0.29, 0.717) is 6.42 Å². The Morgan fingerprint density at radius 2 is 1.61 bits per heavy atom. The van der Waals surface area contributed by atoms with E-state index >= 15 is 0 Å². The number of methoxy groups -OCH3 is 1. The molecule has 0 fully saturated rings. The summed E-state index contributed by atoms with van der Waals surface area (Å²) < 4.78 is 5.33. The Hall–Kier alpha value is -3.85. The predicted octanol–water partition coefficient (Wildman–Crippen LogP) is 6.73. The van der Waals surface area contributed by atoms with Crippen LogP contribution in [0.5, 0.6) is 5.75 Å². The van der Waals surface area contributed by atoms with Crippen molar-refractivity contribution < 1.29 is 9.53 Å². The number of H-pyrrole nitrogens is 1. The molecule has 3 heteroatoms. The Balaban J connectivity index is 1.55. The van der Waals surface area contributed by atoms with Gasteiger partial charge in [-0.3, -0.25) is 4.79 Å². The molecule has 1 N–H and O–H groups in total. The van der Waals surface area contributed by atoms with Crippen molar-refractivity contribution in [1.29, 1.82) is 0 Å². The van der Waals surface area contributed by atoms with Gasteiger partial charge in [-0.15, -0.1) is 0 Å². The molecule has 152 valence electrons. The highest BCUT2D eigenvalue weighted by Gasteiger charge is 2.22. The van der Waals surface area contributed by atoms with Crippen molar-refractivity contribution >= 4 is 27.5 Å². The minimum atomic E-state index is -0.0546. The number of fused-ring (bicyclic) bond motifs is 2. The van der Waals surface area contributed by atoms with Gasteiger partial charge in [-0.1, -0.05) is 66.7 Å². The second-order valence-corrected chi connectivity index (χ2v) is 7.80. The molecule has 0 spiro atoms. The maximum Gasteiger partial charge on any atom is 0.163 e. The van der Waals surface area contributed by atoms with Crippen LogP contribution >= 0.6 is 0 Å². The van der Waals surface area contributed by atoms with Gasteiger partial charge in [0, 0.05) is 35.0 Å². The van der Waals surface area contributed by atoms with Gasteiger partial charge in [0.1, 0.15) is 5.75 Å². The summed E-state index contributed by atoms with van der Waals surface area (Å²) in [5, 5.41) is 3.37. The summed E-state index contributed by atoms with van der Waals surface area (Å²) in [6.45, 7) is 0. The van der Waals surface area contributed by atoms with E-state index in [4.69, 9.17) is 4.74 Å². The number of ketones is 1. The molecule has 1 heterocycles. The second-order valence-electron chi connectivity index (χ2n) is 7.80. The topological polar surface area (TPSA) is 42.1 Å². The lowest BCUT2D eigenvalue weighted by molar-refractivity contribution is 0.0978. The highest BCUT2D eigenvalue weighted by Crippen LogP contribution is 2.35. The Morgan fingerprint density at radius 3 is 2.42 bits per heavy atom. The lowest BCUT2D eigenvalue weighted by Gasteiger charge is -2.17. The van der Waals surface area contributed by atoms with E-state index < -0.39 is 0 Å². The minimum absolute atomic E-state index is 0.0546. The van der Waals surface area contributed by atoms with E-state index in [0.717, 1.165) is 44.1 Å². The molecule has 0 aliphatic rings. The number of aromatic nitrogens is 1. The Kier molecular flexibility index (Phi) is 5.01. The number of aromatic amines is 1. The number of carbonyl (C=O) groups excluding carboxylic acids is 1. The number of carbonyl (C=O) groups is 1. The van der Waals surface area contributed by atoms with Gasteiger partial charge in [-0.2, -0.15) is 0 Å². The van der Waals surface area contributed by atoms with Crippen molar-refractivity contribution in [3.8, 4) is 5.75 Å². The molecule has 0 unspecified atom stereocenters. The van der Waals surface area contributed by atoms with Gasteiger partial charge in [-0.05, 0) is 46.2 Å². The van der Waals surface area contributed by atoms with Crippen molar-refractivity contribution in [3.05, 3.63) is 114 Å². The average molecular weight is 405 g/mol. The lowest BCUT2D eigenvalue weighted by Crippen LogP contribution is -2.09. The third kappa shape index (κ3) is 3.71. The molecule has 1 atom stereocenters. The van der Waals surface area contributed by atoms with Crippen LogP contribution in [0, 0.1) is 0 Å². The summed E-state index contributed by atoms with van der Waals surface area (Å²) in [6, 6.07) is 30.3. The second kappa shape index (κ2) is 8.11. The zero-order valence-corrected chi connectivity index (χ0v) is 17.3. The number of para-hydroxylation sites is 1. The van der Waals surface area contributed by atoms with Gasteiger partial charge >= 0.3 is 0 Å². The Morgan fingerprint density at radius 1 is 0.871 bits per heavy atom. The number of hydrogen-bond donors (Lipinski definition) is 1. The van der Waals surface area contributed by atoms with Gasteiger partial charge in [0.05, 0.1) is 7.11 Å². The van der Waals surface area contributed by atoms with Gasteiger partial charge in [0.2, 0.25) is 0 Å². The van der Waals surface area contributed by atoms with Gasteiger partial charge in [-0.25, -0.2) is 0 Å². The largest absolute Gasteiger partial charge is 0.497 e. The molecule has 0 bridgehead atoms. The van der Waals surface area contributed by atoms with Crippen molar-refractivity contribution in [2.75, 3.05) is 7.11 Å². The van der Waals surface area contributed by atoms with Crippen molar-refractivity contribution in [2.45, 2.75) is 12.3 Å². The number of hydrogen-bond acceptors (Lipinski definition) is 2. The normalized spacial score (nSPS) is 12.2. The minimum Gasteiger partial charge on any atom is -0.497 e. The fourth-order valence-corrected chi connectivity index (χ4v) is 4.29. The summed E-state index contributed by atoms with van der Waals surface area (Å²) in [6.07, 6.45) is 2.43. The zero-order valence-electron chi connectivity index (χ0n) is 17.3. The molecule has 5 rings (SSSR count). The summed E-state index contributed by atoms with van der Waals surface area (Å²) >= 11 is 0. The summed E-state index contributed by atoms with van der Waals surface area (Å²) in [5.74, 6) is 0.889. The Bertz CT molecular complexity index is 1360. The highest BCUT2D eigenvalue weighted by atomic mass is 16.5. The van der Waals surface area contributed by atoms with Crippen LogP contribution in [0.1, 0.15) is 33.8 Å². The molecule has 4 aromatic carbocycles. The van der Waals surface area contributed by atoms with Crippen LogP contribution in [0.25, 0.3) is 21.7 Å². The van der Waals surface area contributed by atoms with Gasteiger partial charge in [0.25, 0.3) is 0 Å². The van der Waals surface area contributed by atoms with Crippen molar-refractivity contribution in [1.82, 2.24) is 4.98 Å². The monoisotopic (exact) mass is 405 g/mol. The van der Waals surface area contributed by atoms with E-state index in [-0.39, 0.29) is 11.7 Å². The first-order valence-corrected chi connectivity index (χ1v) is 10.4. The van der Waals surface area contributed by atoms with Gasteiger partial charge < -0.3 is 9.72 Å². The molecule has 0 saturated heterocycles. The molecule has 5 aromatic rings. The van der Waals surface area contributed by atoms with Gasteiger partial charge in [0.15, 0.2) is 5.78 Å². The molecular formula is C28H23NO2. The lowest BCUT2D eigenvalue weighted by atomic mass is 9.85. The van der Waals surface area contributed by atoms with E-state index in [1.165, 1.54) is 0 Å². The summed E-state index contributed by atoms with van der Waals surface area (Å²) in [7, 11) is 1.66. The molecule has 0 amide bonds. The summed E-state index contributed by atoms with van der Waals surface area (Å²) in [5.41, 5.74) is 4.06. The maximum absolute atomic E-state index is 13.4. The average Bonchev–Trinajstić information content (AvgIpc) is 3.26. The SMILES string of the molecule is COc1ccc([C@H](CC(=O)c2ccc3ccccc3c2)c2c[nH]c3ccccc23)cc1. The summed E-state index contributed by atoms with van der Waals surface area (Å²) in [4.78, 5) is 16.8. The number of ether oxygens (including phenoxy) is 1. The molecule has 1 aromatic heterocycles. The molecule has 31 heavy (non-hydrogen) atoms. The van der Waals surface area contributed by atoms with Crippen molar-refractivity contribution in [3.63, 3.8) is 0 Å². The first kappa shape index (κ1) is 19.1. The zero-order chi connectivity index (χ0) is 21.2. The molecule has 0 saturated carbocycles. The number of Topliss-reactive ketones (excluding diaryl/α,β-unsaturated/α-hetero) is 1. The Labute approximate surface area is 181 Å². The number of rotatable bonds is 6. The first-order chi connectivity index (χ1) is 15.2. The first-order valence-electron chi connectivity index (χ1n) is 10.4. The van der Waals surface area contributed by atoms with E-state index in [9.17, 15) is 4.79 Å². The number of nitrogens with one attached hydrogen (secondary N) is 1. The van der Waals surface area contributed by atoms with Crippen molar-refractivity contribution in [2.24, 2.45) is 0 Å². The van der Waals surface area contributed by atoms with Crippen LogP contribution in [-0.4, -0.2) is 17.9 Å². The standard InChI is InChI=1S/C28H23NO2/c1-31-23-14-12-20(13-15-23)25(26-18-29-27-9-5-4-8-24(26)27)17-28(30)22-11-10-19-6-2-3-7-21(19)16-22/h2-16,18,25,29H,17H2,1H3/t25-/m0/s1. The predicted molar refractivity (Wildman–Crippen MR) is 126 cm³/mol. The van der Waals surface area contributed by atoms with E-state index in [1.54, 1.807) is 7.11 Å². The third-order valence-corrected chi connectivity index (χ3v) is 5.98. The van der Waals surface area contributed by atoms with Crippen LogP contribution in [-0.2, 0) is 0 Å². The van der Waals surface area contributed by atoms with Crippen LogP contribution in [0.3, 0.4) is 0 Å². The quantitative estimate of drug-likeness (QED) is 0.318. The maximum atomic E-state index is 13.4. The fraction of sp³-hybridized carbons (Fsp3) is 0.107.